The van der Waals surface area contributed by atoms with Crippen LogP contribution in [0.3, 0.4) is 0 Å². The summed E-state index contributed by atoms with van der Waals surface area (Å²) in [4.78, 5) is 34.3. The van der Waals surface area contributed by atoms with Gasteiger partial charge in [-0.15, -0.1) is 11.3 Å². The number of nitrogens with one attached hydrogen (secondary N) is 2. The van der Waals surface area contributed by atoms with Crippen molar-refractivity contribution < 1.29 is 24.2 Å². The summed E-state index contributed by atoms with van der Waals surface area (Å²) < 4.78 is 4.62. The lowest BCUT2D eigenvalue weighted by Crippen LogP contribution is -2.45. The average Bonchev–Trinajstić information content (AvgIpc) is 2.83. The average molecular weight is 314 g/mol. The maximum Gasteiger partial charge on any atom is 0.350 e. The molecule has 0 unspecified atom stereocenters. The Hall–Kier alpha value is -2.09. The lowest BCUT2D eigenvalue weighted by atomic mass is 9.99. The van der Waals surface area contributed by atoms with Gasteiger partial charge in [-0.3, -0.25) is 4.79 Å². The molecule has 2 amide bonds. The van der Waals surface area contributed by atoms with Gasteiger partial charge in [0.05, 0.1) is 12.8 Å². The Morgan fingerprint density at radius 3 is 2.62 bits per heavy atom. The van der Waals surface area contributed by atoms with Gasteiger partial charge in [0.2, 0.25) is 0 Å². The maximum atomic E-state index is 11.9. The van der Waals surface area contributed by atoms with Crippen LogP contribution in [0, 0.1) is 0 Å². The molecular weight excluding hydrogens is 296 g/mol. The maximum absolute atomic E-state index is 11.9. The number of carbonyl (C=O) groups excluding carboxylic acids is 2. The third kappa shape index (κ3) is 5.42. The number of anilines is 1. The molecule has 1 rings (SSSR count). The van der Waals surface area contributed by atoms with E-state index in [1.807, 2.05) is 0 Å². The summed E-state index contributed by atoms with van der Waals surface area (Å²) >= 11 is 1.16. The van der Waals surface area contributed by atoms with E-state index in [-0.39, 0.29) is 6.42 Å². The Bertz CT molecular complexity index is 538. The molecule has 0 atom stereocenters. The van der Waals surface area contributed by atoms with Crippen molar-refractivity contribution in [2.45, 2.75) is 32.2 Å². The van der Waals surface area contributed by atoms with E-state index in [0.717, 1.165) is 11.3 Å². The van der Waals surface area contributed by atoms with E-state index in [0.29, 0.717) is 17.0 Å². The number of hydrogen-bond donors (Lipinski definition) is 3. The second-order valence-corrected chi connectivity index (χ2v) is 5.93. The van der Waals surface area contributed by atoms with Gasteiger partial charge in [-0.2, -0.15) is 0 Å². The smallest absolute Gasteiger partial charge is 0.350 e. The zero-order valence-electron chi connectivity index (χ0n) is 12.1. The van der Waals surface area contributed by atoms with Gasteiger partial charge >= 0.3 is 18.0 Å². The van der Waals surface area contributed by atoms with Gasteiger partial charge in [0.1, 0.15) is 4.88 Å². The Kier molecular flexibility index (Phi) is 5.71. The van der Waals surface area contributed by atoms with Crippen LogP contribution < -0.4 is 10.6 Å². The van der Waals surface area contributed by atoms with Crippen molar-refractivity contribution in [3.05, 3.63) is 16.3 Å². The number of carboxylic acids is 1. The number of aliphatic carboxylic acids is 1. The molecule has 0 aromatic carbocycles. The molecule has 1 heterocycles. The Balaban J connectivity index is 2.63. The summed E-state index contributed by atoms with van der Waals surface area (Å²) in [6, 6.07) is 1.09. The summed E-state index contributed by atoms with van der Waals surface area (Å²) in [5.41, 5.74) is -0.317. The molecule has 3 N–H and O–H groups in total. The molecule has 0 saturated carbocycles. The Labute approximate surface area is 126 Å². The summed E-state index contributed by atoms with van der Waals surface area (Å²) in [5.74, 6) is -1.44. The minimum absolute atomic E-state index is 0.0425. The van der Waals surface area contributed by atoms with Gasteiger partial charge in [0.15, 0.2) is 0 Å². The largest absolute Gasteiger partial charge is 0.481 e. The number of esters is 1. The van der Waals surface area contributed by atoms with Crippen LogP contribution >= 0.6 is 11.3 Å². The number of thiophene rings is 1. The van der Waals surface area contributed by atoms with Gasteiger partial charge in [0.25, 0.3) is 0 Å². The zero-order chi connectivity index (χ0) is 16.0. The van der Waals surface area contributed by atoms with Crippen molar-refractivity contribution >= 4 is 35.0 Å². The first kappa shape index (κ1) is 17.0. The number of methoxy groups -OCH3 is 1. The van der Waals surface area contributed by atoms with E-state index in [4.69, 9.17) is 5.11 Å². The molecular formula is C13H18N2O5S. The molecule has 8 heteroatoms. The zero-order valence-corrected chi connectivity index (χ0v) is 12.9. The van der Waals surface area contributed by atoms with Crippen LogP contribution in [-0.2, 0) is 9.53 Å². The molecule has 21 heavy (non-hydrogen) atoms. The fourth-order valence-corrected chi connectivity index (χ4v) is 2.37. The second kappa shape index (κ2) is 7.07. The predicted octanol–water partition coefficient (Wildman–Crippen LogP) is 2.30. The van der Waals surface area contributed by atoms with E-state index in [1.165, 1.54) is 7.11 Å². The summed E-state index contributed by atoms with van der Waals surface area (Å²) in [5, 5.41) is 15.6. The SMILES string of the molecule is COC(=O)c1sccc1NC(=O)NC(C)(C)CCC(=O)O. The van der Waals surface area contributed by atoms with Crippen molar-refractivity contribution in [1.82, 2.24) is 5.32 Å². The third-order valence-electron chi connectivity index (χ3n) is 2.70. The van der Waals surface area contributed by atoms with Crippen LogP contribution in [-0.4, -0.2) is 35.7 Å². The molecule has 0 radical (unpaired) electrons. The number of rotatable bonds is 6. The highest BCUT2D eigenvalue weighted by atomic mass is 32.1. The van der Waals surface area contributed by atoms with Crippen LogP contribution in [0.1, 0.15) is 36.4 Å². The quantitative estimate of drug-likeness (QED) is 0.699. The number of amides is 2. The first-order valence-electron chi connectivity index (χ1n) is 6.22. The monoisotopic (exact) mass is 314 g/mol. The van der Waals surface area contributed by atoms with Crippen LogP contribution in [0.15, 0.2) is 11.4 Å². The molecule has 0 spiro atoms. The van der Waals surface area contributed by atoms with Crippen LogP contribution in [0.4, 0.5) is 10.5 Å². The normalized spacial score (nSPS) is 10.8. The van der Waals surface area contributed by atoms with E-state index < -0.39 is 23.5 Å². The summed E-state index contributed by atoms with van der Waals surface area (Å²) in [6.45, 7) is 3.45. The molecule has 0 aliphatic rings. The molecule has 0 aliphatic carbocycles. The van der Waals surface area contributed by atoms with Crippen LogP contribution in [0.2, 0.25) is 0 Å². The minimum atomic E-state index is -0.920. The predicted molar refractivity (Wildman–Crippen MR) is 78.8 cm³/mol. The van der Waals surface area contributed by atoms with Crippen molar-refractivity contribution in [3.8, 4) is 0 Å². The highest BCUT2D eigenvalue weighted by Crippen LogP contribution is 2.23. The van der Waals surface area contributed by atoms with Gasteiger partial charge in [-0.25, -0.2) is 9.59 Å². The van der Waals surface area contributed by atoms with Crippen molar-refractivity contribution in [2.24, 2.45) is 0 Å². The fraction of sp³-hybridized carbons (Fsp3) is 0.462. The second-order valence-electron chi connectivity index (χ2n) is 5.01. The molecule has 7 nitrogen and oxygen atoms in total. The molecule has 0 aliphatic heterocycles. The minimum Gasteiger partial charge on any atom is -0.481 e. The van der Waals surface area contributed by atoms with E-state index in [9.17, 15) is 14.4 Å². The van der Waals surface area contributed by atoms with E-state index in [2.05, 4.69) is 15.4 Å². The Morgan fingerprint density at radius 2 is 2.05 bits per heavy atom. The van der Waals surface area contributed by atoms with Crippen LogP contribution in [0.25, 0.3) is 0 Å². The number of carbonyl (C=O) groups is 3. The molecule has 1 aromatic rings. The van der Waals surface area contributed by atoms with Crippen molar-refractivity contribution in [1.29, 1.82) is 0 Å². The highest BCUT2D eigenvalue weighted by Gasteiger charge is 2.23. The van der Waals surface area contributed by atoms with Crippen molar-refractivity contribution in [3.63, 3.8) is 0 Å². The number of urea groups is 1. The molecule has 1 aromatic heterocycles. The molecule has 0 bridgehead atoms. The van der Waals surface area contributed by atoms with Gasteiger partial charge < -0.3 is 20.5 Å². The first-order valence-corrected chi connectivity index (χ1v) is 7.10. The number of hydrogen-bond acceptors (Lipinski definition) is 5. The fourth-order valence-electron chi connectivity index (χ4n) is 1.60. The summed E-state index contributed by atoms with van der Waals surface area (Å²) in [6.07, 6.45) is 0.252. The standard InChI is InChI=1S/C13H18N2O5S/c1-13(2,6-4-9(16)17)15-12(19)14-8-5-7-21-10(8)11(18)20-3/h5,7H,4,6H2,1-3H3,(H,16,17)(H2,14,15,19). The summed E-state index contributed by atoms with van der Waals surface area (Å²) in [7, 11) is 1.26. The topological polar surface area (TPSA) is 105 Å². The lowest BCUT2D eigenvalue weighted by Gasteiger charge is -2.25. The number of carboxylic acid groups (broad SMARTS) is 1. The molecule has 116 valence electrons. The molecule has 0 fully saturated rings. The van der Waals surface area contributed by atoms with E-state index >= 15 is 0 Å². The van der Waals surface area contributed by atoms with Crippen LogP contribution in [0.5, 0.6) is 0 Å². The molecule has 0 saturated heterocycles. The number of ether oxygens (including phenoxy) is 1. The van der Waals surface area contributed by atoms with Gasteiger partial charge in [0, 0.05) is 12.0 Å². The highest BCUT2D eigenvalue weighted by molar-refractivity contribution is 7.12. The van der Waals surface area contributed by atoms with Gasteiger partial charge in [-0.1, -0.05) is 0 Å². The first-order chi connectivity index (χ1) is 9.75. The van der Waals surface area contributed by atoms with Crippen molar-refractivity contribution in [2.75, 3.05) is 12.4 Å². The third-order valence-corrected chi connectivity index (χ3v) is 3.59. The van der Waals surface area contributed by atoms with E-state index in [1.54, 1.807) is 25.3 Å². The van der Waals surface area contributed by atoms with Gasteiger partial charge in [-0.05, 0) is 31.7 Å². The Morgan fingerprint density at radius 1 is 1.38 bits per heavy atom. The lowest BCUT2D eigenvalue weighted by molar-refractivity contribution is -0.137.